The molecule has 1 aliphatic carbocycles. The summed E-state index contributed by atoms with van der Waals surface area (Å²) in [7, 11) is 0. The summed E-state index contributed by atoms with van der Waals surface area (Å²) in [5.41, 5.74) is 5.72. The molecule has 3 heteroatoms. The van der Waals surface area contributed by atoms with Crippen molar-refractivity contribution in [2.75, 3.05) is 19.6 Å². The van der Waals surface area contributed by atoms with E-state index in [1.54, 1.807) is 0 Å². The molecular weight excluding hydrogens is 248 g/mol. The van der Waals surface area contributed by atoms with Gasteiger partial charge in [-0.05, 0) is 57.4 Å². The van der Waals surface area contributed by atoms with Crippen LogP contribution in [0.15, 0.2) is 0 Å². The maximum Gasteiger partial charge on any atom is 0.0882 e. The number of hydrogen-bond acceptors (Lipinski definition) is 3. The van der Waals surface area contributed by atoms with Gasteiger partial charge in [-0.15, -0.1) is 0 Å². The summed E-state index contributed by atoms with van der Waals surface area (Å²) in [6, 6.07) is 0.387. The maximum atomic E-state index is 11.6. The minimum absolute atomic E-state index is 0.00454. The summed E-state index contributed by atoms with van der Waals surface area (Å²) >= 11 is 0. The van der Waals surface area contributed by atoms with Gasteiger partial charge in [-0.1, -0.05) is 19.8 Å². The molecule has 3 aliphatic rings. The lowest BCUT2D eigenvalue weighted by Crippen LogP contribution is -2.61. The number of nitrogens with zero attached hydrogens (tertiary/aromatic N) is 1. The second kappa shape index (κ2) is 5.58. The highest BCUT2D eigenvalue weighted by atomic mass is 16.3. The van der Waals surface area contributed by atoms with Crippen molar-refractivity contribution in [3.8, 4) is 0 Å². The fourth-order valence-corrected chi connectivity index (χ4v) is 5.35. The highest BCUT2D eigenvalue weighted by molar-refractivity contribution is 5.12. The van der Waals surface area contributed by atoms with Gasteiger partial charge in [0.1, 0.15) is 0 Å². The Hall–Kier alpha value is -0.120. The zero-order valence-corrected chi connectivity index (χ0v) is 13.1. The second-order valence-electron chi connectivity index (χ2n) is 7.56. The SMILES string of the molecule is CCC1CCC(CN)(C2(O)CCN3CCCCC32)CC1. The molecule has 1 saturated carbocycles. The Balaban J connectivity index is 1.81. The van der Waals surface area contributed by atoms with Crippen molar-refractivity contribution in [2.45, 2.75) is 76.4 Å². The van der Waals surface area contributed by atoms with Crippen LogP contribution in [-0.4, -0.2) is 41.3 Å². The van der Waals surface area contributed by atoms with Gasteiger partial charge in [0.25, 0.3) is 0 Å². The van der Waals surface area contributed by atoms with Crippen LogP contribution in [0.25, 0.3) is 0 Å². The van der Waals surface area contributed by atoms with E-state index in [1.807, 2.05) is 0 Å². The Morgan fingerprint density at radius 3 is 2.50 bits per heavy atom. The van der Waals surface area contributed by atoms with Gasteiger partial charge in [0.15, 0.2) is 0 Å². The number of nitrogens with two attached hydrogens (primary N) is 1. The smallest absolute Gasteiger partial charge is 0.0882 e. The molecule has 3 nitrogen and oxygen atoms in total. The summed E-state index contributed by atoms with van der Waals surface area (Å²) in [6.45, 7) is 5.24. The summed E-state index contributed by atoms with van der Waals surface area (Å²) in [6.07, 6.45) is 10.8. The number of fused-ring (bicyclic) bond motifs is 1. The van der Waals surface area contributed by atoms with E-state index in [2.05, 4.69) is 11.8 Å². The number of hydrogen-bond donors (Lipinski definition) is 2. The van der Waals surface area contributed by atoms with Gasteiger partial charge in [-0.25, -0.2) is 0 Å². The first-order chi connectivity index (χ1) is 9.65. The second-order valence-corrected chi connectivity index (χ2v) is 7.56. The fourth-order valence-electron chi connectivity index (χ4n) is 5.35. The van der Waals surface area contributed by atoms with Crippen LogP contribution in [0.2, 0.25) is 0 Å². The van der Waals surface area contributed by atoms with E-state index in [9.17, 15) is 5.11 Å². The first-order valence-corrected chi connectivity index (χ1v) is 8.82. The molecule has 0 aromatic rings. The zero-order valence-electron chi connectivity index (χ0n) is 13.1. The van der Waals surface area contributed by atoms with E-state index in [0.717, 1.165) is 31.7 Å². The van der Waals surface area contributed by atoms with Crippen molar-refractivity contribution in [2.24, 2.45) is 17.1 Å². The molecule has 0 aromatic heterocycles. The topological polar surface area (TPSA) is 49.5 Å². The minimum Gasteiger partial charge on any atom is -0.388 e. The fraction of sp³-hybridized carbons (Fsp3) is 1.00. The predicted octanol–water partition coefficient (Wildman–Crippen LogP) is 2.52. The van der Waals surface area contributed by atoms with Gasteiger partial charge in [-0.2, -0.15) is 0 Å². The first-order valence-electron chi connectivity index (χ1n) is 8.82. The molecule has 2 unspecified atom stereocenters. The molecule has 2 aliphatic heterocycles. The standard InChI is InChI=1S/C17H32N2O/c1-2-14-6-8-16(13-18,9-7-14)17(20)10-12-19-11-4-3-5-15(17)19/h14-15,20H,2-13,18H2,1H3. The van der Waals surface area contributed by atoms with Crippen LogP contribution in [0.3, 0.4) is 0 Å². The zero-order chi connectivity index (χ0) is 14.2. The average Bonchev–Trinajstić information content (AvgIpc) is 2.87. The highest BCUT2D eigenvalue weighted by Gasteiger charge is 2.59. The predicted molar refractivity (Wildman–Crippen MR) is 82.5 cm³/mol. The lowest BCUT2D eigenvalue weighted by molar-refractivity contribution is -0.128. The van der Waals surface area contributed by atoms with Gasteiger partial charge in [0.2, 0.25) is 0 Å². The van der Waals surface area contributed by atoms with Crippen molar-refractivity contribution in [1.82, 2.24) is 4.90 Å². The summed E-state index contributed by atoms with van der Waals surface area (Å²) in [5.74, 6) is 0.863. The van der Waals surface area contributed by atoms with Gasteiger partial charge in [-0.3, -0.25) is 4.90 Å². The van der Waals surface area contributed by atoms with E-state index in [0.29, 0.717) is 12.6 Å². The van der Waals surface area contributed by atoms with E-state index in [-0.39, 0.29) is 5.41 Å². The van der Waals surface area contributed by atoms with Crippen LogP contribution in [0, 0.1) is 11.3 Å². The highest BCUT2D eigenvalue weighted by Crippen LogP contribution is 2.53. The van der Waals surface area contributed by atoms with Crippen LogP contribution in [0.5, 0.6) is 0 Å². The summed E-state index contributed by atoms with van der Waals surface area (Å²) in [5, 5.41) is 11.6. The Morgan fingerprint density at radius 1 is 1.10 bits per heavy atom. The molecule has 2 heterocycles. The van der Waals surface area contributed by atoms with Crippen LogP contribution >= 0.6 is 0 Å². The Kier molecular flexibility index (Phi) is 4.13. The van der Waals surface area contributed by atoms with Crippen molar-refractivity contribution in [1.29, 1.82) is 0 Å². The van der Waals surface area contributed by atoms with E-state index in [1.165, 1.54) is 45.1 Å². The summed E-state index contributed by atoms with van der Waals surface area (Å²) < 4.78 is 0. The molecule has 0 aromatic carbocycles. The molecule has 20 heavy (non-hydrogen) atoms. The Bertz CT molecular complexity index is 338. The van der Waals surface area contributed by atoms with Crippen molar-refractivity contribution in [3.63, 3.8) is 0 Å². The van der Waals surface area contributed by atoms with Crippen LogP contribution in [0.4, 0.5) is 0 Å². The molecule has 0 radical (unpaired) electrons. The van der Waals surface area contributed by atoms with Crippen molar-refractivity contribution < 1.29 is 5.11 Å². The normalized spacial score (nSPS) is 46.4. The molecule has 3 N–H and O–H groups in total. The molecule has 0 spiro atoms. The summed E-state index contributed by atoms with van der Waals surface area (Å²) in [4.78, 5) is 2.55. The van der Waals surface area contributed by atoms with Crippen molar-refractivity contribution >= 4 is 0 Å². The molecule has 2 saturated heterocycles. The first kappa shape index (κ1) is 14.8. The molecule has 2 atom stereocenters. The van der Waals surface area contributed by atoms with Gasteiger partial charge < -0.3 is 10.8 Å². The third-order valence-electron chi connectivity index (χ3n) is 6.89. The minimum atomic E-state index is -0.513. The Morgan fingerprint density at radius 2 is 1.85 bits per heavy atom. The van der Waals surface area contributed by atoms with Gasteiger partial charge in [0, 0.05) is 24.5 Å². The lowest BCUT2D eigenvalue weighted by atomic mass is 9.58. The van der Waals surface area contributed by atoms with E-state index < -0.39 is 5.60 Å². The van der Waals surface area contributed by atoms with E-state index >= 15 is 0 Å². The molecule has 3 rings (SSSR count). The molecule has 3 fully saturated rings. The van der Waals surface area contributed by atoms with Gasteiger partial charge in [0.05, 0.1) is 5.60 Å². The lowest BCUT2D eigenvalue weighted by Gasteiger charge is -2.53. The molecular formula is C17H32N2O. The maximum absolute atomic E-state index is 11.6. The van der Waals surface area contributed by atoms with Gasteiger partial charge >= 0.3 is 0 Å². The van der Waals surface area contributed by atoms with Crippen molar-refractivity contribution in [3.05, 3.63) is 0 Å². The third-order valence-corrected chi connectivity index (χ3v) is 6.89. The quantitative estimate of drug-likeness (QED) is 0.835. The number of rotatable bonds is 3. The molecule has 0 bridgehead atoms. The van der Waals surface area contributed by atoms with Crippen LogP contribution in [-0.2, 0) is 0 Å². The largest absolute Gasteiger partial charge is 0.388 e. The number of piperidine rings is 1. The van der Waals surface area contributed by atoms with E-state index in [4.69, 9.17) is 5.73 Å². The van der Waals surface area contributed by atoms with Crippen LogP contribution in [0.1, 0.15) is 64.7 Å². The Labute approximate surface area is 123 Å². The third kappa shape index (κ3) is 2.13. The average molecular weight is 280 g/mol. The molecule has 116 valence electrons. The molecule has 0 amide bonds. The van der Waals surface area contributed by atoms with Crippen LogP contribution < -0.4 is 5.73 Å². The monoisotopic (exact) mass is 280 g/mol. The number of aliphatic hydroxyl groups is 1.